The molecule has 0 atom stereocenters. The molecule has 2 N–H and O–H groups in total. The number of benzene rings is 4. The minimum absolute atomic E-state index is 0.472. The quantitative estimate of drug-likeness (QED) is 0.319. The second kappa shape index (κ2) is 7.83. The van der Waals surface area contributed by atoms with Crippen LogP contribution in [0.2, 0.25) is 0 Å². The molecular formula is C26H24BNO2. The lowest BCUT2D eigenvalue weighted by Gasteiger charge is -2.11. The molecule has 5 aromatic rings. The first-order chi connectivity index (χ1) is 14.7. The largest absolute Gasteiger partial charge is 0.488 e. The summed E-state index contributed by atoms with van der Waals surface area (Å²) in [5.41, 5.74) is 5.86. The maximum Gasteiger partial charge on any atom is 0.488 e. The van der Waals surface area contributed by atoms with E-state index in [1.807, 2.05) is 38.1 Å². The Bertz CT molecular complexity index is 1280. The molecule has 1 heterocycles. The van der Waals surface area contributed by atoms with Crippen LogP contribution in [0.4, 0.5) is 0 Å². The second-order valence-corrected chi connectivity index (χ2v) is 6.94. The van der Waals surface area contributed by atoms with Gasteiger partial charge >= 0.3 is 7.12 Å². The van der Waals surface area contributed by atoms with Crippen LogP contribution in [0, 0.1) is 0 Å². The first kappa shape index (κ1) is 20.0. The number of hydrogen-bond acceptors (Lipinski definition) is 2. The fraction of sp³-hybridized carbons (Fsp3) is 0.0769. The van der Waals surface area contributed by atoms with E-state index < -0.39 is 7.12 Å². The van der Waals surface area contributed by atoms with Gasteiger partial charge < -0.3 is 14.6 Å². The summed E-state index contributed by atoms with van der Waals surface area (Å²) in [4.78, 5) is 0. The lowest BCUT2D eigenvalue weighted by Crippen LogP contribution is -2.29. The Morgan fingerprint density at radius 2 is 1.20 bits per heavy atom. The fourth-order valence-corrected chi connectivity index (χ4v) is 4.36. The summed E-state index contributed by atoms with van der Waals surface area (Å²) in [5.74, 6) is 0. The average Bonchev–Trinajstić information content (AvgIpc) is 3.14. The maximum absolute atomic E-state index is 9.41. The van der Waals surface area contributed by atoms with Crippen LogP contribution >= 0.6 is 0 Å². The lowest BCUT2D eigenvalue weighted by atomic mass is 9.80. The standard InChI is InChI=1S/C24H18BNO2.C2H6/c1-3-17-18(4-2)20-8-6-10-22-24(20)23-19(17)7-5-9-21(23)26(22)16-13-11-15(12-14-16)25(27)28;1-2/h3-14,27-28H,1-2H2;1-2H3. The van der Waals surface area contributed by atoms with Gasteiger partial charge in [-0.05, 0) is 51.6 Å². The third-order valence-corrected chi connectivity index (χ3v) is 5.54. The van der Waals surface area contributed by atoms with Crippen LogP contribution in [0.1, 0.15) is 25.0 Å². The van der Waals surface area contributed by atoms with Gasteiger partial charge in [0.1, 0.15) is 0 Å². The van der Waals surface area contributed by atoms with E-state index in [0.29, 0.717) is 5.46 Å². The van der Waals surface area contributed by atoms with Crippen molar-refractivity contribution in [2.24, 2.45) is 0 Å². The molecule has 4 aromatic carbocycles. The third-order valence-electron chi connectivity index (χ3n) is 5.54. The van der Waals surface area contributed by atoms with Gasteiger partial charge in [0.25, 0.3) is 0 Å². The van der Waals surface area contributed by atoms with Crippen molar-refractivity contribution in [3.63, 3.8) is 0 Å². The van der Waals surface area contributed by atoms with Crippen molar-refractivity contribution in [2.45, 2.75) is 13.8 Å². The van der Waals surface area contributed by atoms with Gasteiger partial charge in [0, 0.05) is 16.5 Å². The van der Waals surface area contributed by atoms with Crippen LogP contribution in [0.25, 0.3) is 50.4 Å². The molecule has 4 heteroatoms. The molecule has 0 saturated heterocycles. The van der Waals surface area contributed by atoms with E-state index in [1.165, 1.54) is 10.8 Å². The van der Waals surface area contributed by atoms with Gasteiger partial charge in [-0.2, -0.15) is 0 Å². The summed E-state index contributed by atoms with van der Waals surface area (Å²) in [6, 6.07) is 20.0. The van der Waals surface area contributed by atoms with E-state index in [4.69, 9.17) is 0 Å². The van der Waals surface area contributed by atoms with E-state index in [-0.39, 0.29) is 0 Å². The fourth-order valence-electron chi connectivity index (χ4n) is 4.36. The molecule has 3 nitrogen and oxygen atoms in total. The van der Waals surface area contributed by atoms with E-state index in [0.717, 1.165) is 38.6 Å². The Morgan fingerprint density at radius 1 is 0.733 bits per heavy atom. The number of rotatable bonds is 4. The topological polar surface area (TPSA) is 45.4 Å². The first-order valence-electron chi connectivity index (χ1n) is 10.2. The summed E-state index contributed by atoms with van der Waals surface area (Å²) in [5, 5.41) is 23.5. The van der Waals surface area contributed by atoms with Crippen LogP contribution < -0.4 is 5.46 Å². The predicted octanol–water partition coefficient (Wildman–Crippen LogP) is 5.37. The highest BCUT2D eigenvalue weighted by atomic mass is 16.4. The van der Waals surface area contributed by atoms with Crippen molar-refractivity contribution in [3.05, 3.63) is 84.9 Å². The van der Waals surface area contributed by atoms with Crippen molar-refractivity contribution >= 4 is 57.3 Å². The van der Waals surface area contributed by atoms with Crippen molar-refractivity contribution in [2.75, 3.05) is 0 Å². The normalized spacial score (nSPS) is 10.9. The van der Waals surface area contributed by atoms with Gasteiger partial charge in [0.15, 0.2) is 0 Å². The maximum atomic E-state index is 9.41. The zero-order valence-corrected chi connectivity index (χ0v) is 17.3. The molecule has 0 fully saturated rings. The Labute approximate surface area is 176 Å². The Balaban J connectivity index is 0.00000106. The van der Waals surface area contributed by atoms with E-state index in [9.17, 15) is 10.0 Å². The highest BCUT2D eigenvalue weighted by Gasteiger charge is 2.20. The third kappa shape index (κ3) is 2.77. The SMILES string of the molecule is C=Cc1c(C=C)c2cccc3c2c2c1cccc2n3-c1ccc(B(O)O)cc1.CC. The first-order valence-corrected chi connectivity index (χ1v) is 10.2. The Kier molecular flexibility index (Phi) is 5.21. The molecule has 0 saturated carbocycles. The number of hydrogen-bond donors (Lipinski definition) is 2. The summed E-state index contributed by atoms with van der Waals surface area (Å²) in [6.07, 6.45) is 3.81. The lowest BCUT2D eigenvalue weighted by molar-refractivity contribution is 0.426. The predicted molar refractivity (Wildman–Crippen MR) is 131 cm³/mol. The molecular weight excluding hydrogens is 369 g/mol. The van der Waals surface area contributed by atoms with Crippen molar-refractivity contribution in [1.82, 2.24) is 4.57 Å². The molecule has 0 aliphatic rings. The van der Waals surface area contributed by atoms with E-state index in [2.05, 4.69) is 54.1 Å². The minimum atomic E-state index is -1.47. The van der Waals surface area contributed by atoms with Crippen LogP contribution in [-0.4, -0.2) is 21.7 Å². The van der Waals surface area contributed by atoms with Crippen LogP contribution in [0.15, 0.2) is 73.8 Å². The van der Waals surface area contributed by atoms with Gasteiger partial charge in [0.05, 0.1) is 11.0 Å². The van der Waals surface area contributed by atoms with Crippen molar-refractivity contribution in [3.8, 4) is 5.69 Å². The van der Waals surface area contributed by atoms with Crippen molar-refractivity contribution in [1.29, 1.82) is 0 Å². The second-order valence-electron chi connectivity index (χ2n) is 6.94. The monoisotopic (exact) mass is 393 g/mol. The molecule has 0 unspecified atom stereocenters. The molecule has 0 spiro atoms. The van der Waals surface area contributed by atoms with Gasteiger partial charge in [-0.25, -0.2) is 0 Å². The molecule has 0 radical (unpaired) electrons. The van der Waals surface area contributed by atoms with Crippen LogP contribution in [0.3, 0.4) is 0 Å². The molecule has 0 aliphatic heterocycles. The molecule has 0 aliphatic carbocycles. The van der Waals surface area contributed by atoms with Crippen molar-refractivity contribution < 1.29 is 10.0 Å². The van der Waals surface area contributed by atoms with Gasteiger partial charge in [-0.3, -0.25) is 0 Å². The molecule has 30 heavy (non-hydrogen) atoms. The molecule has 0 bridgehead atoms. The highest BCUT2D eigenvalue weighted by molar-refractivity contribution is 6.58. The molecule has 5 rings (SSSR count). The average molecular weight is 393 g/mol. The van der Waals surface area contributed by atoms with Gasteiger partial charge in [-0.1, -0.05) is 75.6 Å². The van der Waals surface area contributed by atoms with Crippen LogP contribution in [0.5, 0.6) is 0 Å². The van der Waals surface area contributed by atoms with Gasteiger partial charge in [-0.15, -0.1) is 0 Å². The summed E-state index contributed by atoms with van der Waals surface area (Å²) < 4.78 is 2.22. The number of nitrogens with zero attached hydrogens (tertiary/aromatic N) is 1. The molecule has 0 amide bonds. The zero-order valence-electron chi connectivity index (χ0n) is 17.3. The van der Waals surface area contributed by atoms with Gasteiger partial charge in [0.2, 0.25) is 0 Å². The Hall–Kier alpha value is -3.34. The molecule has 148 valence electrons. The molecule has 1 aromatic heterocycles. The summed E-state index contributed by atoms with van der Waals surface area (Å²) >= 11 is 0. The number of aromatic nitrogens is 1. The Morgan fingerprint density at radius 3 is 1.60 bits per heavy atom. The highest BCUT2D eigenvalue weighted by Crippen LogP contribution is 2.42. The van der Waals surface area contributed by atoms with E-state index in [1.54, 1.807) is 12.1 Å². The minimum Gasteiger partial charge on any atom is -0.423 e. The summed E-state index contributed by atoms with van der Waals surface area (Å²) in [6.45, 7) is 12.1. The van der Waals surface area contributed by atoms with Crippen LogP contribution in [-0.2, 0) is 0 Å². The zero-order chi connectivity index (χ0) is 21.4. The smallest absolute Gasteiger partial charge is 0.423 e. The van der Waals surface area contributed by atoms with E-state index >= 15 is 0 Å². The summed E-state index contributed by atoms with van der Waals surface area (Å²) in [7, 11) is -1.47.